The van der Waals surface area contributed by atoms with Crippen LogP contribution in [-0.4, -0.2) is 47.2 Å². The van der Waals surface area contributed by atoms with E-state index in [0.717, 1.165) is 41.4 Å². The lowest BCUT2D eigenvalue weighted by atomic mass is 9.94. The lowest BCUT2D eigenvalue weighted by Gasteiger charge is -2.36. The van der Waals surface area contributed by atoms with Gasteiger partial charge in [0, 0.05) is 35.5 Å². The molecule has 0 bridgehead atoms. The summed E-state index contributed by atoms with van der Waals surface area (Å²) in [4.78, 5) is 16.2. The topological polar surface area (TPSA) is 62.6 Å². The fraction of sp³-hybridized carbons (Fsp3) is 0.452. The normalized spacial score (nSPS) is 14.7. The molecule has 1 amide bonds. The summed E-state index contributed by atoms with van der Waals surface area (Å²) in [6.45, 7) is 7.21. The molecule has 1 aromatic heterocycles. The van der Waals surface area contributed by atoms with Crippen molar-refractivity contribution in [3.05, 3.63) is 88.2 Å². The van der Waals surface area contributed by atoms with Crippen molar-refractivity contribution in [2.24, 2.45) is 5.92 Å². The van der Waals surface area contributed by atoms with Crippen LogP contribution in [0.25, 0.3) is 0 Å². The Hall–Kier alpha value is -2.42. The average Bonchev–Trinajstić information content (AvgIpc) is 3.35. The Kier molecular flexibility index (Phi) is 10.1. The third-order valence-corrected chi connectivity index (χ3v) is 9.75. The molecule has 1 heterocycles. The number of aryl methyl sites for hydroxylation is 1. The van der Waals surface area contributed by atoms with Gasteiger partial charge in [0.2, 0.25) is 15.9 Å². The first kappa shape index (κ1) is 29.6. The van der Waals surface area contributed by atoms with Gasteiger partial charge in [0.1, 0.15) is 0 Å². The molecule has 0 saturated heterocycles. The number of sulfonamides is 1. The highest BCUT2D eigenvalue weighted by molar-refractivity contribution is 9.10. The lowest BCUT2D eigenvalue weighted by molar-refractivity contribution is -0.135. The molecule has 1 aliphatic rings. The van der Waals surface area contributed by atoms with E-state index in [-0.39, 0.29) is 29.3 Å². The third kappa shape index (κ3) is 7.83. The van der Waals surface area contributed by atoms with Crippen LogP contribution >= 0.6 is 15.9 Å². The monoisotopic (exact) mass is 613 g/mol. The molecule has 0 spiro atoms. The second-order valence-electron chi connectivity index (χ2n) is 11.1. The maximum absolute atomic E-state index is 14.0. The molecule has 0 aliphatic heterocycles. The molecule has 0 atom stereocenters. The zero-order valence-corrected chi connectivity index (χ0v) is 25.6. The second kappa shape index (κ2) is 13.3. The lowest BCUT2D eigenvalue weighted by Crippen LogP contribution is -2.48. The van der Waals surface area contributed by atoms with Crippen molar-refractivity contribution < 1.29 is 13.2 Å². The number of rotatable bonds is 11. The molecule has 1 aliphatic carbocycles. The maximum Gasteiger partial charge on any atom is 0.243 e. The van der Waals surface area contributed by atoms with E-state index in [1.54, 1.807) is 24.3 Å². The number of carbonyl (C=O) groups excluding carboxylic acids is 1. The molecule has 0 N–H and O–H groups in total. The average molecular weight is 615 g/mol. The van der Waals surface area contributed by atoms with E-state index in [0.29, 0.717) is 19.6 Å². The van der Waals surface area contributed by atoms with E-state index < -0.39 is 10.0 Å². The quantitative estimate of drug-likeness (QED) is 0.244. The zero-order chi connectivity index (χ0) is 28.0. The van der Waals surface area contributed by atoms with Crippen LogP contribution in [0.4, 0.5) is 0 Å². The molecular weight excluding hydrogens is 574 g/mol. The van der Waals surface area contributed by atoms with E-state index in [9.17, 15) is 13.2 Å². The number of amides is 1. The highest BCUT2D eigenvalue weighted by Crippen LogP contribution is 2.26. The van der Waals surface area contributed by atoms with Crippen LogP contribution in [0.15, 0.2) is 76.2 Å². The van der Waals surface area contributed by atoms with Crippen LogP contribution in [0.5, 0.6) is 0 Å². The molecule has 1 saturated carbocycles. The first-order valence-electron chi connectivity index (χ1n) is 13.9. The van der Waals surface area contributed by atoms with Gasteiger partial charge in [-0.1, -0.05) is 78.9 Å². The largest absolute Gasteiger partial charge is 0.345 e. The van der Waals surface area contributed by atoms with Gasteiger partial charge >= 0.3 is 0 Å². The number of nitrogens with zero attached hydrogens (tertiary/aromatic N) is 3. The Bertz CT molecular complexity index is 1330. The fourth-order valence-electron chi connectivity index (χ4n) is 5.28. The zero-order valence-electron chi connectivity index (χ0n) is 23.2. The van der Waals surface area contributed by atoms with Gasteiger partial charge in [-0.15, -0.1) is 0 Å². The van der Waals surface area contributed by atoms with Crippen LogP contribution in [0.3, 0.4) is 0 Å². The highest BCUT2D eigenvalue weighted by atomic mass is 79.9. The van der Waals surface area contributed by atoms with Gasteiger partial charge in [0.25, 0.3) is 0 Å². The number of halogens is 1. The van der Waals surface area contributed by atoms with Crippen LogP contribution < -0.4 is 0 Å². The first-order valence-corrected chi connectivity index (χ1v) is 16.1. The van der Waals surface area contributed by atoms with Gasteiger partial charge in [-0.25, -0.2) is 8.42 Å². The van der Waals surface area contributed by atoms with Crippen LogP contribution in [0.1, 0.15) is 62.8 Å². The van der Waals surface area contributed by atoms with E-state index in [1.165, 1.54) is 16.3 Å². The Labute approximate surface area is 242 Å². The highest BCUT2D eigenvalue weighted by Gasteiger charge is 2.32. The molecule has 1 fully saturated rings. The summed E-state index contributed by atoms with van der Waals surface area (Å²) in [5.41, 5.74) is 3.22. The summed E-state index contributed by atoms with van der Waals surface area (Å²) in [6, 6.07) is 19.3. The van der Waals surface area contributed by atoms with Gasteiger partial charge in [0.05, 0.1) is 18.0 Å². The SMILES string of the molecule is Cc1ccc(S(=O)(=O)N(CC(=O)N(Cc2cccn2Cc2ccc(Br)cc2)C2CCCCC2)CC(C)C)cc1. The summed E-state index contributed by atoms with van der Waals surface area (Å²) in [6.07, 6.45) is 7.31. The number of aromatic nitrogens is 1. The van der Waals surface area contributed by atoms with Crippen LogP contribution in [0.2, 0.25) is 0 Å². The summed E-state index contributed by atoms with van der Waals surface area (Å²) in [7, 11) is -3.81. The minimum absolute atomic E-state index is 0.0873. The molecule has 0 radical (unpaired) electrons. The molecule has 3 aromatic rings. The summed E-state index contributed by atoms with van der Waals surface area (Å²) in [5, 5.41) is 0. The van der Waals surface area contributed by atoms with Gasteiger partial charge in [-0.3, -0.25) is 4.79 Å². The maximum atomic E-state index is 14.0. The first-order chi connectivity index (χ1) is 18.6. The van der Waals surface area contributed by atoms with Gasteiger partial charge in [0.15, 0.2) is 0 Å². The fourth-order valence-corrected chi connectivity index (χ4v) is 7.10. The van der Waals surface area contributed by atoms with Crippen molar-refractivity contribution in [3.63, 3.8) is 0 Å². The summed E-state index contributed by atoms with van der Waals surface area (Å²) >= 11 is 3.50. The minimum Gasteiger partial charge on any atom is -0.345 e. The number of hydrogen-bond donors (Lipinski definition) is 0. The second-order valence-corrected chi connectivity index (χ2v) is 13.9. The molecule has 2 aromatic carbocycles. The van der Waals surface area contributed by atoms with Crippen LogP contribution in [-0.2, 0) is 27.9 Å². The smallest absolute Gasteiger partial charge is 0.243 e. The molecule has 8 heteroatoms. The van der Waals surface area contributed by atoms with E-state index in [4.69, 9.17) is 0 Å². The van der Waals surface area contributed by atoms with E-state index in [1.807, 2.05) is 50.1 Å². The van der Waals surface area contributed by atoms with E-state index in [2.05, 4.69) is 38.7 Å². The molecule has 210 valence electrons. The number of carbonyl (C=O) groups is 1. The predicted octanol–water partition coefficient (Wildman–Crippen LogP) is 6.62. The van der Waals surface area contributed by atoms with Crippen molar-refractivity contribution in [2.45, 2.75) is 76.9 Å². The van der Waals surface area contributed by atoms with Crippen molar-refractivity contribution in [1.82, 2.24) is 13.8 Å². The molecule has 6 nitrogen and oxygen atoms in total. The Morgan fingerprint density at radius 2 is 1.67 bits per heavy atom. The Morgan fingerprint density at radius 3 is 2.31 bits per heavy atom. The number of benzene rings is 2. The summed E-state index contributed by atoms with van der Waals surface area (Å²) in [5.74, 6) is -0.0427. The molecule has 0 unspecified atom stereocenters. The van der Waals surface area contributed by atoms with Crippen molar-refractivity contribution in [2.75, 3.05) is 13.1 Å². The van der Waals surface area contributed by atoms with Crippen LogP contribution in [0, 0.1) is 12.8 Å². The third-order valence-electron chi connectivity index (χ3n) is 7.40. The van der Waals surface area contributed by atoms with Gasteiger partial charge in [-0.05, 0) is 67.6 Å². The predicted molar refractivity (Wildman–Crippen MR) is 160 cm³/mol. The van der Waals surface area contributed by atoms with Crippen molar-refractivity contribution in [3.8, 4) is 0 Å². The van der Waals surface area contributed by atoms with Crippen molar-refractivity contribution in [1.29, 1.82) is 0 Å². The molecule has 39 heavy (non-hydrogen) atoms. The summed E-state index contributed by atoms with van der Waals surface area (Å²) < 4.78 is 31.9. The molecule has 4 rings (SSSR count). The number of hydrogen-bond acceptors (Lipinski definition) is 3. The Morgan fingerprint density at radius 1 is 1.00 bits per heavy atom. The minimum atomic E-state index is -3.81. The Balaban J connectivity index is 1.59. The molecular formula is C31H40BrN3O3S. The van der Waals surface area contributed by atoms with Gasteiger partial charge < -0.3 is 9.47 Å². The van der Waals surface area contributed by atoms with Crippen molar-refractivity contribution >= 4 is 31.9 Å². The van der Waals surface area contributed by atoms with E-state index >= 15 is 0 Å². The standard InChI is InChI=1S/C31H40BrN3O3S/c1-24(2)20-34(39(37,38)30-17-11-25(3)12-18-30)23-31(36)35(28-8-5-4-6-9-28)22-29-10-7-19-33(29)21-26-13-15-27(32)16-14-26/h7,10-19,24,28H,4-6,8-9,20-23H2,1-3H3. The van der Waals surface area contributed by atoms with Gasteiger partial charge in [-0.2, -0.15) is 4.31 Å².